The molecular weight excluding hydrogens is 326 g/mol. The zero-order valence-corrected chi connectivity index (χ0v) is 12.7. The Balaban J connectivity index is 1.95. The number of hydrogen-bond acceptors (Lipinski definition) is 4. The first-order chi connectivity index (χ1) is 9.49. The molecule has 6 nitrogen and oxygen atoms in total. The van der Waals surface area contributed by atoms with E-state index in [2.05, 4.69) is 26.2 Å². The van der Waals surface area contributed by atoms with E-state index in [0.717, 1.165) is 5.69 Å². The number of nitrogens with zero attached hydrogens (tertiary/aromatic N) is 2. The molecule has 0 fully saturated rings. The Bertz CT molecular complexity index is 690. The van der Waals surface area contributed by atoms with Crippen LogP contribution in [0.2, 0.25) is 0 Å². The van der Waals surface area contributed by atoms with Gasteiger partial charge in [-0.15, -0.1) is 0 Å². The fraction of sp³-hybridized carbons (Fsp3) is 0.308. The van der Waals surface area contributed by atoms with Crippen molar-refractivity contribution in [1.82, 2.24) is 14.9 Å². The number of hydrogen-bond donors (Lipinski definition) is 1. The molecular formula is C13H14BrN3O3. The average Bonchev–Trinajstić information content (AvgIpc) is 2.85. The second-order valence-electron chi connectivity index (χ2n) is 4.31. The molecule has 2 heterocycles. The number of aryl methyl sites for hydroxylation is 1. The lowest BCUT2D eigenvalue weighted by Gasteiger charge is -2.08. The van der Waals surface area contributed by atoms with Crippen LogP contribution in [-0.4, -0.2) is 22.0 Å². The molecule has 20 heavy (non-hydrogen) atoms. The van der Waals surface area contributed by atoms with Gasteiger partial charge in [0, 0.05) is 24.3 Å². The summed E-state index contributed by atoms with van der Waals surface area (Å²) >= 11 is 3.13. The molecule has 0 atom stereocenters. The van der Waals surface area contributed by atoms with Crippen LogP contribution in [0.3, 0.4) is 0 Å². The van der Waals surface area contributed by atoms with Crippen molar-refractivity contribution in [3.05, 3.63) is 50.5 Å². The van der Waals surface area contributed by atoms with Crippen molar-refractivity contribution in [1.29, 1.82) is 0 Å². The van der Waals surface area contributed by atoms with Gasteiger partial charge < -0.3 is 9.73 Å². The van der Waals surface area contributed by atoms with Crippen LogP contribution in [0.4, 0.5) is 0 Å². The van der Waals surface area contributed by atoms with E-state index in [-0.39, 0.29) is 17.2 Å². The van der Waals surface area contributed by atoms with Gasteiger partial charge in [-0.1, -0.05) is 0 Å². The van der Waals surface area contributed by atoms with E-state index in [1.54, 1.807) is 26.0 Å². The highest BCUT2D eigenvalue weighted by atomic mass is 79.9. The van der Waals surface area contributed by atoms with Gasteiger partial charge in [0.15, 0.2) is 10.4 Å². The summed E-state index contributed by atoms with van der Waals surface area (Å²) in [6.07, 6.45) is 1.49. The van der Waals surface area contributed by atoms with Gasteiger partial charge in [0.1, 0.15) is 0 Å². The van der Waals surface area contributed by atoms with Crippen molar-refractivity contribution in [3.63, 3.8) is 0 Å². The van der Waals surface area contributed by atoms with Crippen molar-refractivity contribution in [2.75, 3.05) is 6.54 Å². The first kappa shape index (κ1) is 14.5. The lowest BCUT2D eigenvalue weighted by atomic mass is 10.3. The number of carbonyl (C=O) groups is 1. The highest BCUT2D eigenvalue weighted by Gasteiger charge is 2.10. The minimum Gasteiger partial charge on any atom is -0.444 e. The number of rotatable bonds is 4. The summed E-state index contributed by atoms with van der Waals surface area (Å²) in [7, 11) is 0. The van der Waals surface area contributed by atoms with Crippen molar-refractivity contribution in [2.45, 2.75) is 20.4 Å². The quantitative estimate of drug-likeness (QED) is 0.918. The second kappa shape index (κ2) is 6.04. The number of halogens is 1. The molecule has 0 aromatic carbocycles. The van der Waals surface area contributed by atoms with Crippen molar-refractivity contribution >= 4 is 21.8 Å². The number of amides is 1. The summed E-state index contributed by atoms with van der Waals surface area (Å²) in [5.41, 5.74) is 1.25. The van der Waals surface area contributed by atoms with Crippen LogP contribution in [0, 0.1) is 13.8 Å². The standard InChI is InChI=1S/C13H14BrN3O3/c1-8-9(2)16-7-17(13(8)19)6-5-15-12(18)10-3-4-11(14)20-10/h3-4,7H,5-6H2,1-2H3,(H,15,18). The maximum Gasteiger partial charge on any atom is 0.287 e. The van der Waals surface area contributed by atoms with Gasteiger partial charge in [0.05, 0.1) is 6.33 Å². The van der Waals surface area contributed by atoms with E-state index in [0.29, 0.717) is 23.3 Å². The monoisotopic (exact) mass is 339 g/mol. The largest absolute Gasteiger partial charge is 0.444 e. The highest BCUT2D eigenvalue weighted by molar-refractivity contribution is 9.10. The molecule has 1 amide bonds. The molecule has 0 aliphatic heterocycles. The third-order valence-corrected chi connectivity index (χ3v) is 3.38. The molecule has 0 unspecified atom stereocenters. The molecule has 0 spiro atoms. The van der Waals surface area contributed by atoms with E-state index in [1.165, 1.54) is 10.9 Å². The maximum absolute atomic E-state index is 11.9. The zero-order chi connectivity index (χ0) is 14.7. The van der Waals surface area contributed by atoms with Crippen molar-refractivity contribution < 1.29 is 9.21 Å². The van der Waals surface area contributed by atoms with Crippen molar-refractivity contribution in [2.24, 2.45) is 0 Å². The smallest absolute Gasteiger partial charge is 0.287 e. The molecule has 2 rings (SSSR count). The summed E-state index contributed by atoms with van der Waals surface area (Å²) in [5, 5.41) is 2.68. The van der Waals surface area contributed by atoms with E-state index in [4.69, 9.17) is 4.42 Å². The lowest BCUT2D eigenvalue weighted by Crippen LogP contribution is -2.31. The Hall–Kier alpha value is -1.89. The van der Waals surface area contributed by atoms with Gasteiger partial charge in [-0.05, 0) is 41.9 Å². The Morgan fingerprint density at radius 2 is 2.20 bits per heavy atom. The molecule has 1 N–H and O–H groups in total. The predicted octanol–water partition coefficient (Wildman–Crippen LogP) is 1.65. The van der Waals surface area contributed by atoms with E-state index < -0.39 is 0 Å². The normalized spacial score (nSPS) is 10.6. The van der Waals surface area contributed by atoms with Crippen molar-refractivity contribution in [3.8, 4) is 0 Å². The molecule has 106 valence electrons. The summed E-state index contributed by atoms with van der Waals surface area (Å²) in [6.45, 7) is 4.21. The number of aromatic nitrogens is 2. The minimum absolute atomic E-state index is 0.0903. The molecule has 7 heteroatoms. The van der Waals surface area contributed by atoms with Crippen LogP contribution in [0.15, 0.2) is 32.3 Å². The second-order valence-corrected chi connectivity index (χ2v) is 5.09. The summed E-state index contributed by atoms with van der Waals surface area (Å²) in [6, 6.07) is 3.22. The Morgan fingerprint density at radius 1 is 1.45 bits per heavy atom. The number of furan rings is 1. The lowest BCUT2D eigenvalue weighted by molar-refractivity contribution is 0.0923. The third kappa shape index (κ3) is 3.16. The van der Waals surface area contributed by atoms with Crippen LogP contribution in [-0.2, 0) is 6.54 Å². The molecule has 0 radical (unpaired) electrons. The topological polar surface area (TPSA) is 77.1 Å². The number of nitrogens with one attached hydrogen (secondary N) is 1. The molecule has 2 aromatic heterocycles. The fourth-order valence-electron chi connectivity index (χ4n) is 1.65. The van der Waals surface area contributed by atoms with Crippen LogP contribution >= 0.6 is 15.9 Å². The highest BCUT2D eigenvalue weighted by Crippen LogP contribution is 2.13. The van der Waals surface area contributed by atoms with Gasteiger partial charge in [0.25, 0.3) is 11.5 Å². The Kier molecular flexibility index (Phi) is 4.39. The average molecular weight is 340 g/mol. The van der Waals surface area contributed by atoms with Gasteiger partial charge >= 0.3 is 0 Å². The van der Waals surface area contributed by atoms with Gasteiger partial charge in [0.2, 0.25) is 0 Å². The summed E-state index contributed by atoms with van der Waals surface area (Å²) in [4.78, 5) is 27.8. The summed E-state index contributed by atoms with van der Waals surface area (Å²) < 4.78 is 7.10. The van der Waals surface area contributed by atoms with Gasteiger partial charge in [-0.2, -0.15) is 0 Å². The zero-order valence-electron chi connectivity index (χ0n) is 11.1. The fourth-order valence-corrected chi connectivity index (χ4v) is 1.95. The van der Waals surface area contributed by atoms with E-state index >= 15 is 0 Å². The molecule has 0 saturated carbocycles. The van der Waals surface area contributed by atoms with E-state index in [1.807, 2.05) is 0 Å². The molecule has 0 aliphatic rings. The SMILES string of the molecule is Cc1ncn(CCNC(=O)c2ccc(Br)o2)c(=O)c1C. The van der Waals surface area contributed by atoms with Crippen LogP contribution in [0.25, 0.3) is 0 Å². The Labute approximate surface area is 123 Å². The molecule has 0 bridgehead atoms. The molecule has 0 saturated heterocycles. The summed E-state index contributed by atoms with van der Waals surface area (Å²) in [5.74, 6) is -0.0945. The van der Waals surface area contributed by atoms with Gasteiger partial charge in [-0.3, -0.25) is 14.2 Å². The first-order valence-corrected chi connectivity index (χ1v) is 6.84. The van der Waals surface area contributed by atoms with Crippen LogP contribution < -0.4 is 10.9 Å². The molecule has 0 aliphatic carbocycles. The minimum atomic E-state index is -0.319. The first-order valence-electron chi connectivity index (χ1n) is 6.05. The third-order valence-electron chi connectivity index (χ3n) is 2.95. The van der Waals surface area contributed by atoms with Gasteiger partial charge in [-0.25, -0.2) is 4.98 Å². The van der Waals surface area contributed by atoms with E-state index in [9.17, 15) is 9.59 Å². The van der Waals surface area contributed by atoms with Crippen LogP contribution in [0.1, 0.15) is 21.8 Å². The predicted molar refractivity (Wildman–Crippen MR) is 76.7 cm³/mol. The number of carbonyl (C=O) groups excluding carboxylic acids is 1. The Morgan fingerprint density at radius 3 is 2.85 bits per heavy atom. The molecule has 2 aromatic rings. The maximum atomic E-state index is 11.9. The van der Waals surface area contributed by atoms with Crippen LogP contribution in [0.5, 0.6) is 0 Å².